The van der Waals surface area contributed by atoms with Crippen LogP contribution in [0.4, 0.5) is 5.82 Å². The topological polar surface area (TPSA) is 39.1 Å². The van der Waals surface area contributed by atoms with Crippen molar-refractivity contribution in [1.29, 1.82) is 0 Å². The lowest BCUT2D eigenvalue weighted by Crippen LogP contribution is -2.17. The van der Waals surface area contributed by atoms with Crippen LogP contribution in [0.3, 0.4) is 0 Å². The molecule has 0 saturated carbocycles. The number of nitrogens with zero attached hydrogens (tertiary/aromatic N) is 2. The number of anilines is 1. The van der Waals surface area contributed by atoms with Gasteiger partial charge in [0, 0.05) is 0 Å². The average molecular weight is 215 g/mol. The van der Waals surface area contributed by atoms with Crippen molar-refractivity contribution < 1.29 is 4.74 Å². The maximum Gasteiger partial charge on any atom is 0.190 e. The molecule has 2 aromatic rings. The summed E-state index contributed by atoms with van der Waals surface area (Å²) in [5, 5.41) is 7.64. The predicted molar refractivity (Wildman–Crippen MR) is 61.8 cm³/mol. The van der Waals surface area contributed by atoms with E-state index in [9.17, 15) is 0 Å². The number of hydrogen-bond donors (Lipinski definition) is 1. The van der Waals surface area contributed by atoms with E-state index in [2.05, 4.69) is 22.5 Å². The van der Waals surface area contributed by atoms with Crippen LogP contribution in [-0.2, 0) is 6.54 Å². The van der Waals surface area contributed by atoms with Crippen molar-refractivity contribution in [1.82, 2.24) is 9.78 Å². The van der Waals surface area contributed by atoms with Crippen LogP contribution < -0.4 is 10.1 Å². The Bertz CT molecular complexity index is 455. The maximum absolute atomic E-state index is 5.50. The molecule has 1 aliphatic rings. The normalized spacial score (nSPS) is 13.8. The number of benzene rings is 1. The van der Waals surface area contributed by atoms with Crippen LogP contribution in [0.2, 0.25) is 0 Å². The van der Waals surface area contributed by atoms with Crippen molar-refractivity contribution in [3.8, 4) is 5.75 Å². The van der Waals surface area contributed by atoms with Crippen LogP contribution in [0, 0.1) is 0 Å². The summed E-state index contributed by atoms with van der Waals surface area (Å²) >= 11 is 0. The quantitative estimate of drug-likeness (QED) is 0.829. The van der Waals surface area contributed by atoms with Gasteiger partial charge in [0.05, 0.1) is 19.3 Å². The van der Waals surface area contributed by atoms with Gasteiger partial charge in [0.25, 0.3) is 0 Å². The van der Waals surface area contributed by atoms with E-state index in [0.29, 0.717) is 6.61 Å². The highest BCUT2D eigenvalue weighted by Crippen LogP contribution is 2.25. The van der Waals surface area contributed by atoms with Gasteiger partial charge in [-0.25, -0.2) is 0 Å². The lowest BCUT2D eigenvalue weighted by atomic mass is 10.2. The summed E-state index contributed by atoms with van der Waals surface area (Å²) < 4.78 is 7.40. The molecule has 4 heteroatoms. The molecule has 0 aliphatic carbocycles. The number of ether oxygens (including phenoxy) is 1. The first-order chi connectivity index (χ1) is 7.92. The van der Waals surface area contributed by atoms with Crippen LogP contribution in [0.25, 0.3) is 0 Å². The molecule has 0 atom stereocenters. The fraction of sp³-hybridized carbons (Fsp3) is 0.250. The number of rotatable bonds is 2. The van der Waals surface area contributed by atoms with Gasteiger partial charge in [0.15, 0.2) is 11.6 Å². The SMILES string of the molecule is c1ccc(Cn2cc3c(n2)NCCO3)cc1. The van der Waals surface area contributed by atoms with Crippen molar-refractivity contribution in [3.05, 3.63) is 42.1 Å². The van der Waals surface area contributed by atoms with Crippen LogP contribution >= 0.6 is 0 Å². The van der Waals surface area contributed by atoms with E-state index in [4.69, 9.17) is 4.74 Å². The Morgan fingerprint density at radius 3 is 3.00 bits per heavy atom. The zero-order valence-electron chi connectivity index (χ0n) is 8.89. The molecule has 4 nitrogen and oxygen atoms in total. The first-order valence-corrected chi connectivity index (χ1v) is 5.40. The van der Waals surface area contributed by atoms with E-state index >= 15 is 0 Å². The van der Waals surface area contributed by atoms with Gasteiger partial charge in [0.1, 0.15) is 6.61 Å². The standard InChI is InChI=1S/C12H13N3O/c1-2-4-10(5-3-1)8-15-9-11-12(14-15)13-6-7-16-11/h1-5,9H,6-8H2,(H,13,14). The first-order valence-electron chi connectivity index (χ1n) is 5.40. The van der Waals surface area contributed by atoms with Gasteiger partial charge in [-0.3, -0.25) is 4.68 Å². The smallest absolute Gasteiger partial charge is 0.190 e. The van der Waals surface area contributed by atoms with Crippen molar-refractivity contribution >= 4 is 5.82 Å². The molecule has 0 radical (unpaired) electrons. The molecule has 1 aromatic heterocycles. The van der Waals surface area contributed by atoms with Gasteiger partial charge >= 0.3 is 0 Å². The Morgan fingerprint density at radius 1 is 1.31 bits per heavy atom. The largest absolute Gasteiger partial charge is 0.486 e. The van der Waals surface area contributed by atoms with Gasteiger partial charge < -0.3 is 10.1 Å². The molecule has 3 rings (SSSR count). The Kier molecular flexibility index (Phi) is 2.25. The summed E-state index contributed by atoms with van der Waals surface area (Å²) in [6.45, 7) is 2.32. The van der Waals surface area contributed by atoms with E-state index in [0.717, 1.165) is 24.7 Å². The molecule has 2 heterocycles. The molecule has 1 aliphatic heterocycles. The molecule has 0 fully saturated rings. The summed E-state index contributed by atoms with van der Waals surface area (Å²) in [5.41, 5.74) is 1.24. The Morgan fingerprint density at radius 2 is 2.19 bits per heavy atom. The van der Waals surface area contributed by atoms with Gasteiger partial charge in [-0.15, -0.1) is 0 Å². The first kappa shape index (κ1) is 9.27. The second-order valence-corrected chi connectivity index (χ2v) is 3.80. The molecule has 82 valence electrons. The van der Waals surface area contributed by atoms with Gasteiger partial charge in [-0.1, -0.05) is 30.3 Å². The van der Waals surface area contributed by atoms with Crippen molar-refractivity contribution in [2.24, 2.45) is 0 Å². The van der Waals surface area contributed by atoms with E-state index in [1.165, 1.54) is 5.56 Å². The van der Waals surface area contributed by atoms with E-state index in [1.54, 1.807) is 0 Å². The summed E-state index contributed by atoms with van der Waals surface area (Å²) in [5.74, 6) is 1.70. The predicted octanol–water partition coefficient (Wildman–Crippen LogP) is 1.74. The summed E-state index contributed by atoms with van der Waals surface area (Å²) in [6.07, 6.45) is 1.94. The molecule has 0 spiro atoms. The average Bonchev–Trinajstić information content (AvgIpc) is 2.72. The molecule has 0 amide bonds. The molecular formula is C12H13N3O. The highest BCUT2D eigenvalue weighted by Gasteiger charge is 2.13. The van der Waals surface area contributed by atoms with Crippen LogP contribution in [0.15, 0.2) is 36.5 Å². The zero-order valence-corrected chi connectivity index (χ0v) is 8.89. The van der Waals surface area contributed by atoms with Crippen molar-refractivity contribution in [2.45, 2.75) is 6.54 Å². The molecule has 0 unspecified atom stereocenters. The lowest BCUT2D eigenvalue weighted by Gasteiger charge is -2.12. The van der Waals surface area contributed by atoms with E-state index in [-0.39, 0.29) is 0 Å². The number of fused-ring (bicyclic) bond motifs is 1. The van der Waals surface area contributed by atoms with Crippen LogP contribution in [0.1, 0.15) is 5.56 Å². The minimum atomic E-state index is 0.712. The molecule has 0 saturated heterocycles. The third kappa shape index (κ3) is 1.74. The van der Waals surface area contributed by atoms with Crippen LogP contribution in [-0.4, -0.2) is 22.9 Å². The monoisotopic (exact) mass is 215 g/mol. The zero-order chi connectivity index (χ0) is 10.8. The maximum atomic E-state index is 5.50. The fourth-order valence-electron chi connectivity index (χ4n) is 1.81. The Labute approximate surface area is 93.8 Å². The van der Waals surface area contributed by atoms with Crippen LogP contribution in [0.5, 0.6) is 5.75 Å². The molecule has 1 aromatic carbocycles. The highest BCUT2D eigenvalue weighted by atomic mass is 16.5. The lowest BCUT2D eigenvalue weighted by molar-refractivity contribution is 0.323. The van der Waals surface area contributed by atoms with Crippen molar-refractivity contribution in [3.63, 3.8) is 0 Å². The van der Waals surface area contributed by atoms with Gasteiger partial charge in [-0.05, 0) is 5.56 Å². The third-order valence-corrected chi connectivity index (χ3v) is 2.57. The van der Waals surface area contributed by atoms with Gasteiger partial charge in [0.2, 0.25) is 0 Å². The fourth-order valence-corrected chi connectivity index (χ4v) is 1.81. The third-order valence-electron chi connectivity index (χ3n) is 2.57. The second-order valence-electron chi connectivity index (χ2n) is 3.80. The van der Waals surface area contributed by atoms with Gasteiger partial charge in [-0.2, -0.15) is 5.10 Å². The Balaban J connectivity index is 1.83. The molecule has 16 heavy (non-hydrogen) atoms. The van der Waals surface area contributed by atoms with E-state index < -0.39 is 0 Å². The molecular weight excluding hydrogens is 202 g/mol. The second kappa shape index (κ2) is 3.89. The molecule has 1 N–H and O–H groups in total. The summed E-state index contributed by atoms with van der Waals surface area (Å²) in [4.78, 5) is 0. The molecule has 0 bridgehead atoms. The minimum absolute atomic E-state index is 0.712. The summed E-state index contributed by atoms with van der Waals surface area (Å²) in [6, 6.07) is 10.3. The number of nitrogens with one attached hydrogen (secondary N) is 1. The number of aromatic nitrogens is 2. The highest BCUT2D eigenvalue weighted by molar-refractivity contribution is 5.50. The minimum Gasteiger partial charge on any atom is -0.486 e. The Hall–Kier alpha value is -1.97. The summed E-state index contributed by atoms with van der Waals surface area (Å²) in [7, 11) is 0. The number of hydrogen-bond acceptors (Lipinski definition) is 3. The van der Waals surface area contributed by atoms with Crippen molar-refractivity contribution in [2.75, 3.05) is 18.5 Å². The van der Waals surface area contributed by atoms with E-state index in [1.807, 2.05) is 29.1 Å².